The van der Waals surface area contributed by atoms with Gasteiger partial charge in [0.1, 0.15) is 11.6 Å². The zero-order valence-electron chi connectivity index (χ0n) is 13.2. The van der Waals surface area contributed by atoms with Crippen LogP contribution >= 0.6 is 0 Å². The van der Waals surface area contributed by atoms with E-state index in [4.69, 9.17) is 5.11 Å². The third-order valence-electron chi connectivity index (χ3n) is 3.55. The van der Waals surface area contributed by atoms with E-state index >= 15 is 0 Å². The minimum atomic E-state index is -0.818. The number of amides is 1. The Labute approximate surface area is 139 Å². The van der Waals surface area contributed by atoms with Crippen molar-refractivity contribution in [3.8, 4) is 0 Å². The molecule has 0 heterocycles. The van der Waals surface area contributed by atoms with E-state index in [2.05, 4.69) is 5.32 Å². The van der Waals surface area contributed by atoms with E-state index in [1.807, 2.05) is 30.3 Å². The largest absolute Gasteiger partial charge is 0.395 e. The van der Waals surface area contributed by atoms with Gasteiger partial charge in [0.05, 0.1) is 18.8 Å². The molecule has 6 heteroatoms. The van der Waals surface area contributed by atoms with Crippen molar-refractivity contribution < 1.29 is 18.7 Å². The Morgan fingerprint density at radius 2 is 1.83 bits per heavy atom. The van der Waals surface area contributed by atoms with E-state index in [1.165, 1.54) is 6.07 Å². The highest BCUT2D eigenvalue weighted by Gasteiger charge is 2.13. The van der Waals surface area contributed by atoms with Crippen LogP contribution in [0.1, 0.15) is 5.56 Å². The van der Waals surface area contributed by atoms with Gasteiger partial charge in [0.2, 0.25) is 5.91 Å². The number of nitrogens with one attached hydrogen (secondary N) is 1. The van der Waals surface area contributed by atoms with E-state index in [0.717, 1.165) is 24.1 Å². The molecule has 0 aliphatic heterocycles. The molecule has 0 saturated carbocycles. The van der Waals surface area contributed by atoms with Gasteiger partial charge in [0.15, 0.2) is 0 Å². The van der Waals surface area contributed by atoms with Gasteiger partial charge in [-0.1, -0.05) is 30.3 Å². The summed E-state index contributed by atoms with van der Waals surface area (Å²) < 4.78 is 26.4. The smallest absolute Gasteiger partial charge is 0.238 e. The molecule has 2 aromatic carbocycles. The van der Waals surface area contributed by atoms with Crippen LogP contribution in [0.2, 0.25) is 0 Å². The summed E-state index contributed by atoms with van der Waals surface area (Å²) in [7, 11) is 0. The van der Waals surface area contributed by atoms with E-state index < -0.39 is 17.5 Å². The lowest BCUT2D eigenvalue weighted by Gasteiger charge is -2.20. The summed E-state index contributed by atoms with van der Waals surface area (Å²) in [5, 5.41) is 11.6. The van der Waals surface area contributed by atoms with Gasteiger partial charge in [-0.05, 0) is 24.1 Å². The average molecular weight is 334 g/mol. The second kappa shape index (κ2) is 9.10. The van der Waals surface area contributed by atoms with Crippen molar-refractivity contribution in [2.45, 2.75) is 6.42 Å². The van der Waals surface area contributed by atoms with E-state index in [1.54, 1.807) is 4.90 Å². The lowest BCUT2D eigenvalue weighted by molar-refractivity contribution is -0.117. The molecule has 0 bridgehead atoms. The number of aliphatic hydroxyl groups is 1. The van der Waals surface area contributed by atoms with E-state index in [-0.39, 0.29) is 18.8 Å². The summed E-state index contributed by atoms with van der Waals surface area (Å²) in [4.78, 5) is 13.8. The molecule has 0 spiro atoms. The quantitative estimate of drug-likeness (QED) is 0.780. The van der Waals surface area contributed by atoms with Gasteiger partial charge in [-0.2, -0.15) is 0 Å². The maximum atomic E-state index is 13.6. The Hall–Kier alpha value is -2.31. The summed E-state index contributed by atoms with van der Waals surface area (Å²) in [6, 6.07) is 12.8. The third-order valence-corrected chi connectivity index (χ3v) is 3.55. The molecule has 0 aliphatic carbocycles. The van der Waals surface area contributed by atoms with Crippen LogP contribution in [0.3, 0.4) is 0 Å². The van der Waals surface area contributed by atoms with Crippen molar-refractivity contribution in [2.75, 3.05) is 31.6 Å². The number of aliphatic hydroxyl groups excluding tert-OH is 1. The standard InChI is InChI=1S/C18H20F2N2O2/c19-15-6-7-17(16(20)12-15)21-18(24)13-22(10-11-23)9-8-14-4-2-1-3-5-14/h1-7,12,23H,8-11,13H2,(H,21,24). The van der Waals surface area contributed by atoms with Gasteiger partial charge in [0, 0.05) is 19.2 Å². The first-order chi connectivity index (χ1) is 11.6. The van der Waals surface area contributed by atoms with Crippen molar-refractivity contribution in [1.29, 1.82) is 0 Å². The number of benzene rings is 2. The van der Waals surface area contributed by atoms with Crippen LogP contribution in [-0.4, -0.2) is 42.2 Å². The monoisotopic (exact) mass is 334 g/mol. The number of carbonyl (C=O) groups excluding carboxylic acids is 1. The predicted molar refractivity (Wildman–Crippen MR) is 88.7 cm³/mol. The summed E-state index contributed by atoms with van der Waals surface area (Å²) in [6.45, 7) is 0.868. The molecule has 4 nitrogen and oxygen atoms in total. The van der Waals surface area contributed by atoms with Crippen molar-refractivity contribution in [3.63, 3.8) is 0 Å². The van der Waals surface area contributed by atoms with Crippen LogP contribution in [0, 0.1) is 11.6 Å². The molecule has 0 aromatic heterocycles. The lowest BCUT2D eigenvalue weighted by atomic mass is 10.1. The van der Waals surface area contributed by atoms with Crippen LogP contribution in [0.4, 0.5) is 14.5 Å². The molecule has 0 saturated heterocycles. The van der Waals surface area contributed by atoms with Crippen LogP contribution in [0.25, 0.3) is 0 Å². The minimum Gasteiger partial charge on any atom is -0.395 e. The molecule has 0 unspecified atom stereocenters. The number of anilines is 1. The van der Waals surface area contributed by atoms with Gasteiger partial charge in [-0.15, -0.1) is 0 Å². The van der Waals surface area contributed by atoms with Crippen LogP contribution in [-0.2, 0) is 11.2 Å². The molecule has 128 valence electrons. The highest BCUT2D eigenvalue weighted by Crippen LogP contribution is 2.14. The molecule has 1 amide bonds. The maximum absolute atomic E-state index is 13.6. The third kappa shape index (κ3) is 5.72. The predicted octanol–water partition coefficient (Wildman–Crippen LogP) is 2.44. The SMILES string of the molecule is O=C(CN(CCO)CCc1ccccc1)Nc1ccc(F)cc1F. The second-order valence-corrected chi connectivity index (χ2v) is 5.41. The van der Waals surface area contributed by atoms with Crippen LogP contribution in [0.5, 0.6) is 0 Å². The molecular formula is C18H20F2N2O2. The van der Waals surface area contributed by atoms with E-state index in [9.17, 15) is 13.6 Å². The molecule has 0 fully saturated rings. The molecule has 24 heavy (non-hydrogen) atoms. The first kappa shape index (κ1) is 18.0. The van der Waals surface area contributed by atoms with Gasteiger partial charge >= 0.3 is 0 Å². The van der Waals surface area contributed by atoms with Gasteiger partial charge in [-0.3, -0.25) is 9.69 Å². The number of rotatable bonds is 8. The molecule has 2 aromatic rings. The maximum Gasteiger partial charge on any atom is 0.238 e. The van der Waals surface area contributed by atoms with Gasteiger partial charge in [0.25, 0.3) is 0 Å². The Morgan fingerprint density at radius 3 is 2.50 bits per heavy atom. The second-order valence-electron chi connectivity index (χ2n) is 5.41. The van der Waals surface area contributed by atoms with Gasteiger partial charge < -0.3 is 10.4 Å². The first-order valence-corrected chi connectivity index (χ1v) is 7.70. The molecule has 0 radical (unpaired) electrons. The van der Waals surface area contributed by atoms with Crippen LogP contribution in [0.15, 0.2) is 48.5 Å². The van der Waals surface area contributed by atoms with Crippen molar-refractivity contribution in [2.24, 2.45) is 0 Å². The molecule has 2 N–H and O–H groups in total. The van der Waals surface area contributed by atoms with E-state index in [0.29, 0.717) is 13.1 Å². The van der Waals surface area contributed by atoms with Crippen LogP contribution < -0.4 is 5.32 Å². The normalized spacial score (nSPS) is 10.8. The zero-order valence-corrected chi connectivity index (χ0v) is 13.2. The number of halogens is 2. The topological polar surface area (TPSA) is 52.6 Å². The number of hydrogen-bond acceptors (Lipinski definition) is 3. The molecule has 2 rings (SSSR count). The van der Waals surface area contributed by atoms with Crippen molar-refractivity contribution in [3.05, 3.63) is 65.7 Å². The minimum absolute atomic E-state index is 0.0181. The van der Waals surface area contributed by atoms with Gasteiger partial charge in [-0.25, -0.2) is 8.78 Å². The fourth-order valence-electron chi connectivity index (χ4n) is 2.33. The summed E-state index contributed by atoms with van der Waals surface area (Å²) in [5.74, 6) is -1.93. The highest BCUT2D eigenvalue weighted by atomic mass is 19.1. The fourth-order valence-corrected chi connectivity index (χ4v) is 2.33. The number of nitrogens with zero attached hydrogens (tertiary/aromatic N) is 1. The summed E-state index contributed by atoms with van der Waals surface area (Å²) >= 11 is 0. The Bertz CT molecular complexity index is 665. The first-order valence-electron chi connectivity index (χ1n) is 7.70. The number of hydrogen-bond donors (Lipinski definition) is 2. The van der Waals surface area contributed by atoms with Crippen molar-refractivity contribution >= 4 is 11.6 Å². The molecular weight excluding hydrogens is 314 g/mol. The molecule has 0 atom stereocenters. The summed E-state index contributed by atoms with van der Waals surface area (Å²) in [5.41, 5.74) is 1.07. The highest BCUT2D eigenvalue weighted by molar-refractivity contribution is 5.92. The summed E-state index contributed by atoms with van der Waals surface area (Å²) in [6.07, 6.45) is 0.735. The number of carbonyl (C=O) groups is 1. The fraction of sp³-hybridized carbons (Fsp3) is 0.278. The average Bonchev–Trinajstić information content (AvgIpc) is 2.56. The lowest BCUT2D eigenvalue weighted by Crippen LogP contribution is -2.36. The Morgan fingerprint density at radius 1 is 1.08 bits per heavy atom. The Kier molecular flexibility index (Phi) is 6.84. The van der Waals surface area contributed by atoms with Crippen molar-refractivity contribution in [1.82, 2.24) is 4.90 Å². The Balaban J connectivity index is 1.90. The molecule has 0 aliphatic rings. The zero-order chi connectivity index (χ0) is 17.4.